The molecule has 17 N–H and O–H groups in total. The molecule has 0 heterocycles. The highest BCUT2D eigenvalue weighted by atomic mass is 32.2. The van der Waals surface area contributed by atoms with E-state index >= 15 is 0 Å². The summed E-state index contributed by atoms with van der Waals surface area (Å²) in [5.41, 5.74) is 16.6. The van der Waals surface area contributed by atoms with Crippen LogP contribution in [0.2, 0.25) is 0 Å². The van der Waals surface area contributed by atoms with Gasteiger partial charge in [0.25, 0.3) is 0 Å². The third-order valence-electron chi connectivity index (χ3n) is 10.4. The Bertz CT molecular complexity index is 1680. The standard InChI is InChI=1S/C42H78N12O12S/c1-11-22(6)32(40(64)53-30(19-55)38(62)52-29(41(65)66)18-21(4)5)54-36(60)27(14-16-67-10)49-34(58)24(8)47-33(57)23(7)48-35(59)26(13-12-15-46-42(44)45)50-37(61)28(17-20(2)3)51-39(63)31(43)25(9)56/h20-32,55-56H,11-19,43H2,1-10H3,(H,47,57)(H,48,59)(H,49,58)(H,50,61)(H,51,63)(H,52,62)(H,53,64)(H,54,60)(H,65,66)(H4,44,45,46)/t22-,23-,24-,25+,26-,27-,28-,29-,30-,31-,32-/m0/s1. The molecule has 0 aliphatic carbocycles. The summed E-state index contributed by atoms with van der Waals surface area (Å²) in [6.45, 7) is 13.8. The van der Waals surface area contributed by atoms with Gasteiger partial charge in [-0.3, -0.25) is 43.3 Å². The van der Waals surface area contributed by atoms with Crippen LogP contribution in [-0.4, -0.2) is 160 Å². The van der Waals surface area contributed by atoms with Gasteiger partial charge in [-0.1, -0.05) is 48.0 Å². The largest absolute Gasteiger partial charge is 0.480 e. The van der Waals surface area contributed by atoms with Gasteiger partial charge in [-0.15, -0.1) is 0 Å². The number of nitrogens with one attached hydrogen (secondary N) is 8. The van der Waals surface area contributed by atoms with Gasteiger partial charge in [0.15, 0.2) is 5.96 Å². The van der Waals surface area contributed by atoms with Crippen molar-refractivity contribution in [1.82, 2.24) is 42.5 Å². The minimum Gasteiger partial charge on any atom is -0.480 e. The summed E-state index contributed by atoms with van der Waals surface area (Å²) >= 11 is 1.37. The Morgan fingerprint density at radius 2 is 1.01 bits per heavy atom. The maximum atomic E-state index is 13.7. The second-order valence-electron chi connectivity index (χ2n) is 17.4. The molecule has 384 valence electrons. The quantitative estimate of drug-likeness (QED) is 0.0178. The predicted molar refractivity (Wildman–Crippen MR) is 252 cm³/mol. The van der Waals surface area contributed by atoms with Crippen molar-refractivity contribution in [2.24, 2.45) is 39.9 Å². The number of aliphatic hydroxyl groups excluding tert-OH is 2. The first-order valence-electron chi connectivity index (χ1n) is 22.4. The van der Waals surface area contributed by atoms with E-state index in [-0.39, 0.29) is 56.4 Å². The zero-order valence-electron chi connectivity index (χ0n) is 40.5. The Morgan fingerprint density at radius 1 is 0.582 bits per heavy atom. The number of aliphatic hydroxyl groups is 2. The van der Waals surface area contributed by atoms with E-state index in [9.17, 15) is 58.5 Å². The number of nitrogens with zero attached hydrogens (tertiary/aromatic N) is 1. The van der Waals surface area contributed by atoms with Crippen molar-refractivity contribution in [2.75, 3.05) is 25.2 Å². The fourth-order valence-corrected chi connectivity index (χ4v) is 6.67. The number of rotatable bonds is 32. The molecule has 0 saturated heterocycles. The molecule has 24 nitrogen and oxygen atoms in total. The summed E-state index contributed by atoms with van der Waals surface area (Å²) in [7, 11) is 0. The normalized spacial score (nSPS) is 16.2. The number of carbonyl (C=O) groups excluding carboxylic acids is 8. The number of carboxylic acids is 1. The SMILES string of the molecule is CC[C@H](C)[C@H](NC(=O)[C@H](CCSC)NC(=O)[C@H](C)NC(=O)[C@H](C)NC(=O)[C@H](CCCN=C(N)N)NC(=O)[C@H](CC(C)C)NC(=O)[C@@H](N)[C@@H](C)O)C(=O)N[C@@H](CO)C(=O)N[C@@H](CC(C)C)C(=O)O. The smallest absolute Gasteiger partial charge is 0.326 e. The summed E-state index contributed by atoms with van der Waals surface area (Å²) in [4.78, 5) is 122. The summed E-state index contributed by atoms with van der Waals surface area (Å²) in [5.74, 6) is -8.23. The molecule has 0 aromatic heterocycles. The van der Waals surface area contributed by atoms with E-state index in [4.69, 9.17) is 17.2 Å². The zero-order valence-corrected chi connectivity index (χ0v) is 41.3. The van der Waals surface area contributed by atoms with E-state index in [1.54, 1.807) is 34.0 Å². The summed E-state index contributed by atoms with van der Waals surface area (Å²) in [5, 5.41) is 49.4. The Labute approximate surface area is 397 Å². The minimum absolute atomic E-state index is 0.000907. The molecule has 0 aliphatic heterocycles. The van der Waals surface area contributed by atoms with E-state index in [1.807, 2.05) is 13.8 Å². The first kappa shape index (κ1) is 61.7. The number of hydrogen-bond donors (Lipinski definition) is 14. The number of thioether (sulfide) groups is 1. The lowest BCUT2D eigenvalue weighted by atomic mass is 9.97. The average molecular weight is 975 g/mol. The van der Waals surface area contributed by atoms with Crippen molar-refractivity contribution in [2.45, 2.75) is 161 Å². The Kier molecular flexibility index (Phi) is 29.2. The number of amides is 8. The van der Waals surface area contributed by atoms with Crippen LogP contribution in [-0.2, 0) is 43.2 Å². The number of carboxylic acid groups (broad SMARTS) is 1. The molecule has 0 rings (SSSR count). The van der Waals surface area contributed by atoms with Crippen molar-refractivity contribution in [3.63, 3.8) is 0 Å². The first-order chi connectivity index (χ1) is 31.2. The number of nitrogens with two attached hydrogens (primary N) is 3. The van der Waals surface area contributed by atoms with E-state index in [2.05, 4.69) is 47.5 Å². The van der Waals surface area contributed by atoms with Crippen LogP contribution in [0.3, 0.4) is 0 Å². The van der Waals surface area contributed by atoms with Gasteiger partial charge in [0.2, 0.25) is 47.3 Å². The van der Waals surface area contributed by atoms with Gasteiger partial charge in [0, 0.05) is 6.54 Å². The number of carbonyl (C=O) groups is 9. The molecule has 0 unspecified atom stereocenters. The van der Waals surface area contributed by atoms with Crippen LogP contribution in [0.1, 0.15) is 101 Å². The van der Waals surface area contributed by atoms with Crippen LogP contribution in [0.4, 0.5) is 0 Å². The highest BCUT2D eigenvalue weighted by molar-refractivity contribution is 7.98. The summed E-state index contributed by atoms with van der Waals surface area (Å²) < 4.78 is 0. The van der Waals surface area contributed by atoms with Gasteiger partial charge < -0.3 is 75.1 Å². The lowest BCUT2D eigenvalue weighted by Gasteiger charge is -2.29. The van der Waals surface area contributed by atoms with E-state index in [0.717, 1.165) is 0 Å². The molecule has 0 fully saturated rings. The molecule has 0 radical (unpaired) electrons. The highest BCUT2D eigenvalue weighted by Gasteiger charge is 2.35. The Hall–Kier alpha value is -5.27. The highest BCUT2D eigenvalue weighted by Crippen LogP contribution is 2.12. The number of aliphatic imine (C=N–C) groups is 1. The molecule has 0 aromatic rings. The molecule has 0 aliphatic rings. The Morgan fingerprint density at radius 3 is 1.51 bits per heavy atom. The third-order valence-corrected chi connectivity index (χ3v) is 11.1. The lowest BCUT2D eigenvalue weighted by molar-refractivity contribution is -0.143. The van der Waals surface area contributed by atoms with Crippen LogP contribution in [0.25, 0.3) is 0 Å². The van der Waals surface area contributed by atoms with Crippen LogP contribution in [0, 0.1) is 17.8 Å². The van der Waals surface area contributed by atoms with E-state index in [1.165, 1.54) is 32.5 Å². The van der Waals surface area contributed by atoms with Gasteiger partial charge in [-0.05, 0) is 82.6 Å². The number of aliphatic carboxylic acids is 1. The maximum absolute atomic E-state index is 13.7. The van der Waals surface area contributed by atoms with Gasteiger partial charge in [-0.2, -0.15) is 11.8 Å². The molecule has 0 spiro atoms. The fourth-order valence-electron chi connectivity index (χ4n) is 6.20. The van der Waals surface area contributed by atoms with E-state index < -0.39 is 126 Å². The van der Waals surface area contributed by atoms with Crippen molar-refractivity contribution in [3.8, 4) is 0 Å². The Balaban J connectivity index is 6.07. The van der Waals surface area contributed by atoms with Gasteiger partial charge >= 0.3 is 5.97 Å². The van der Waals surface area contributed by atoms with Crippen LogP contribution < -0.4 is 59.7 Å². The molecule has 0 bridgehead atoms. The molecule has 11 atom stereocenters. The molecular weight excluding hydrogens is 897 g/mol. The number of hydrogen-bond acceptors (Lipinski definition) is 14. The average Bonchev–Trinajstić information content (AvgIpc) is 3.24. The van der Waals surface area contributed by atoms with Crippen molar-refractivity contribution in [1.29, 1.82) is 0 Å². The van der Waals surface area contributed by atoms with Crippen LogP contribution >= 0.6 is 11.8 Å². The summed E-state index contributed by atoms with van der Waals surface area (Å²) in [6.07, 6.45) is 1.51. The monoisotopic (exact) mass is 975 g/mol. The van der Waals surface area contributed by atoms with Gasteiger partial charge in [0.05, 0.1) is 12.7 Å². The van der Waals surface area contributed by atoms with Crippen LogP contribution in [0.15, 0.2) is 4.99 Å². The molecular formula is C42H78N12O12S. The molecule has 67 heavy (non-hydrogen) atoms. The minimum atomic E-state index is -1.54. The van der Waals surface area contributed by atoms with Crippen LogP contribution in [0.5, 0.6) is 0 Å². The molecule has 0 saturated carbocycles. The first-order valence-corrected chi connectivity index (χ1v) is 23.8. The molecule has 8 amide bonds. The predicted octanol–water partition coefficient (Wildman–Crippen LogP) is -3.37. The van der Waals surface area contributed by atoms with Crippen molar-refractivity contribution in [3.05, 3.63) is 0 Å². The second-order valence-corrected chi connectivity index (χ2v) is 18.4. The maximum Gasteiger partial charge on any atom is 0.326 e. The van der Waals surface area contributed by atoms with Crippen molar-refractivity contribution < 1.29 is 58.5 Å². The lowest BCUT2D eigenvalue weighted by Crippen LogP contribution is -2.61. The molecule has 0 aromatic carbocycles. The topological polar surface area (TPSA) is 401 Å². The second kappa shape index (κ2) is 31.7. The summed E-state index contributed by atoms with van der Waals surface area (Å²) in [6, 6.07) is -11.5. The zero-order chi connectivity index (χ0) is 51.7. The molecule has 25 heteroatoms. The number of guanidine groups is 1. The third kappa shape index (κ3) is 23.8. The van der Waals surface area contributed by atoms with E-state index in [0.29, 0.717) is 12.2 Å². The fraction of sp³-hybridized carbons (Fsp3) is 0.762. The van der Waals surface area contributed by atoms with Gasteiger partial charge in [0.1, 0.15) is 54.4 Å². The van der Waals surface area contributed by atoms with Gasteiger partial charge in [-0.25, -0.2) is 4.79 Å². The van der Waals surface area contributed by atoms with Crippen molar-refractivity contribution >= 4 is 70.9 Å².